The first kappa shape index (κ1) is 29.0. The summed E-state index contributed by atoms with van der Waals surface area (Å²) in [6.45, 7) is 8.72. The molecule has 0 saturated heterocycles. The number of nitrogens with one attached hydrogen (secondary N) is 4. The standard InChI is InChI=1S/C30H32F3N9/c1-5-23-21(7-6-10-36-23)27(24-16-42(41-40-24)29(8-9-29)30(31,32)33)39-20-11-18(13-34)25-22(12-20)26(19(14-35)15-37-25)38-17-28(2,3)4/h6-7,10-12,15-16,27,39-41H,5,8-9,17H2,1-4H3,(H,37,38)/t27-/m0/s1. The molecule has 1 aliphatic carbocycles. The molecule has 2 aromatic heterocycles. The number of nitriles is 2. The van der Waals surface area contributed by atoms with Crippen LogP contribution >= 0.6 is 0 Å². The third-order valence-corrected chi connectivity index (χ3v) is 7.50. The molecule has 0 spiro atoms. The van der Waals surface area contributed by atoms with Crippen molar-refractivity contribution in [3.05, 3.63) is 70.9 Å². The maximum absolute atomic E-state index is 13.9. The minimum absolute atomic E-state index is 0.00503. The van der Waals surface area contributed by atoms with E-state index in [2.05, 4.69) is 64.5 Å². The number of nitrogens with zero attached hydrogens (tertiary/aromatic N) is 5. The average Bonchev–Trinajstić information content (AvgIpc) is 3.64. The molecule has 0 unspecified atom stereocenters. The summed E-state index contributed by atoms with van der Waals surface area (Å²) < 4.78 is 41.7. The number of halogens is 3. The Kier molecular flexibility index (Phi) is 7.37. The Hall–Kier alpha value is -4.55. The number of aromatic nitrogens is 2. The van der Waals surface area contributed by atoms with Gasteiger partial charge in [0.05, 0.1) is 34.1 Å². The summed E-state index contributed by atoms with van der Waals surface area (Å²) >= 11 is 0. The van der Waals surface area contributed by atoms with E-state index in [9.17, 15) is 23.7 Å². The fourth-order valence-corrected chi connectivity index (χ4v) is 5.08. The number of benzene rings is 1. The molecule has 0 amide bonds. The predicted octanol–water partition coefficient (Wildman–Crippen LogP) is 5.81. The lowest BCUT2D eigenvalue weighted by Crippen LogP contribution is -2.52. The smallest absolute Gasteiger partial charge is 0.383 e. The number of aryl methyl sites for hydroxylation is 1. The first-order valence-electron chi connectivity index (χ1n) is 13.7. The van der Waals surface area contributed by atoms with Crippen LogP contribution in [0.2, 0.25) is 0 Å². The van der Waals surface area contributed by atoms with Gasteiger partial charge in [-0.1, -0.05) is 33.8 Å². The third-order valence-electron chi connectivity index (χ3n) is 7.50. The Morgan fingerprint density at radius 3 is 2.48 bits per heavy atom. The molecule has 0 bridgehead atoms. The van der Waals surface area contributed by atoms with Crippen molar-refractivity contribution in [1.82, 2.24) is 25.9 Å². The molecule has 218 valence electrons. The molecule has 3 heterocycles. The summed E-state index contributed by atoms with van der Waals surface area (Å²) in [4.78, 5) is 8.91. The van der Waals surface area contributed by atoms with Crippen LogP contribution in [0.1, 0.15) is 69.0 Å². The molecule has 1 atom stereocenters. The lowest BCUT2D eigenvalue weighted by atomic mass is 9.96. The second-order valence-electron chi connectivity index (χ2n) is 11.8. The zero-order valence-electron chi connectivity index (χ0n) is 23.8. The number of hydrogen-bond acceptors (Lipinski definition) is 9. The van der Waals surface area contributed by atoms with Gasteiger partial charge in [-0.05, 0) is 42.9 Å². The van der Waals surface area contributed by atoms with E-state index < -0.39 is 17.8 Å². The minimum atomic E-state index is -4.40. The Morgan fingerprint density at radius 1 is 1.12 bits per heavy atom. The number of hydrazine groups is 2. The van der Waals surface area contributed by atoms with E-state index >= 15 is 0 Å². The molecule has 12 heteroatoms. The zero-order chi connectivity index (χ0) is 30.3. The summed E-state index contributed by atoms with van der Waals surface area (Å²) in [5.74, 6) is 0. The van der Waals surface area contributed by atoms with Crippen LogP contribution in [-0.4, -0.2) is 33.2 Å². The molecule has 1 saturated carbocycles. The van der Waals surface area contributed by atoms with Crippen molar-refractivity contribution in [3.63, 3.8) is 0 Å². The third kappa shape index (κ3) is 5.38. The molecule has 3 aromatic rings. The molecule has 1 aliphatic heterocycles. The Labute approximate surface area is 242 Å². The summed E-state index contributed by atoms with van der Waals surface area (Å²) in [6, 6.07) is 10.9. The summed E-state index contributed by atoms with van der Waals surface area (Å²) in [5, 5.41) is 28.3. The van der Waals surface area contributed by atoms with E-state index in [0.29, 0.717) is 52.1 Å². The molecule has 4 N–H and O–H groups in total. The van der Waals surface area contributed by atoms with E-state index in [0.717, 1.165) is 16.3 Å². The van der Waals surface area contributed by atoms with Gasteiger partial charge in [-0.3, -0.25) is 15.0 Å². The van der Waals surface area contributed by atoms with Crippen molar-refractivity contribution >= 4 is 22.3 Å². The molecule has 0 radical (unpaired) electrons. The van der Waals surface area contributed by atoms with E-state index in [1.54, 1.807) is 18.3 Å². The van der Waals surface area contributed by atoms with Gasteiger partial charge in [-0.2, -0.15) is 23.7 Å². The van der Waals surface area contributed by atoms with Crippen LogP contribution in [0.15, 0.2) is 48.6 Å². The van der Waals surface area contributed by atoms with Gasteiger partial charge in [0, 0.05) is 47.5 Å². The lowest BCUT2D eigenvalue weighted by molar-refractivity contribution is -0.195. The predicted molar refractivity (Wildman–Crippen MR) is 153 cm³/mol. The largest absolute Gasteiger partial charge is 0.413 e. The van der Waals surface area contributed by atoms with Crippen molar-refractivity contribution in [2.24, 2.45) is 5.41 Å². The fourth-order valence-electron chi connectivity index (χ4n) is 5.08. The molecular formula is C30H32F3N9. The highest BCUT2D eigenvalue weighted by Gasteiger charge is 2.67. The quantitative estimate of drug-likeness (QED) is 0.263. The molecule has 42 heavy (non-hydrogen) atoms. The van der Waals surface area contributed by atoms with Crippen LogP contribution in [0.5, 0.6) is 0 Å². The van der Waals surface area contributed by atoms with Gasteiger partial charge in [0.1, 0.15) is 12.1 Å². The fraction of sp³-hybridized carbons (Fsp3) is 0.400. The van der Waals surface area contributed by atoms with Crippen LogP contribution in [0, 0.1) is 28.1 Å². The number of fused-ring (bicyclic) bond motifs is 1. The maximum Gasteiger partial charge on any atom is 0.413 e. The average molecular weight is 576 g/mol. The van der Waals surface area contributed by atoms with Gasteiger partial charge in [0.15, 0.2) is 5.54 Å². The van der Waals surface area contributed by atoms with Gasteiger partial charge >= 0.3 is 6.18 Å². The highest BCUT2D eigenvalue weighted by atomic mass is 19.4. The molecule has 2 aliphatic rings. The number of anilines is 2. The number of pyridine rings is 2. The SMILES string of the molecule is CCc1ncccc1[C@H](Nc1cc(C#N)c2ncc(C#N)c(NCC(C)(C)C)c2c1)C1=CN(C2(C(F)(F)F)CC2)NN1. The van der Waals surface area contributed by atoms with E-state index in [-0.39, 0.29) is 18.3 Å². The van der Waals surface area contributed by atoms with E-state index in [4.69, 9.17) is 0 Å². The minimum Gasteiger partial charge on any atom is -0.383 e. The van der Waals surface area contributed by atoms with E-state index in [1.807, 2.05) is 19.1 Å². The summed E-state index contributed by atoms with van der Waals surface area (Å²) in [5.41, 5.74) is 7.77. The molecule has 1 aromatic carbocycles. The van der Waals surface area contributed by atoms with Crippen molar-refractivity contribution in [1.29, 1.82) is 10.5 Å². The highest BCUT2D eigenvalue weighted by Crippen LogP contribution is 2.53. The van der Waals surface area contributed by atoms with Crippen molar-refractivity contribution < 1.29 is 13.2 Å². The maximum atomic E-state index is 13.9. The van der Waals surface area contributed by atoms with Gasteiger partial charge in [0.25, 0.3) is 0 Å². The summed E-state index contributed by atoms with van der Waals surface area (Å²) in [7, 11) is 0. The van der Waals surface area contributed by atoms with Gasteiger partial charge < -0.3 is 16.1 Å². The second kappa shape index (κ2) is 10.7. The van der Waals surface area contributed by atoms with Crippen LogP contribution in [0.25, 0.3) is 10.9 Å². The monoisotopic (exact) mass is 575 g/mol. The Balaban J connectivity index is 1.61. The van der Waals surface area contributed by atoms with Gasteiger partial charge in [-0.25, -0.2) is 0 Å². The molecule has 9 nitrogen and oxygen atoms in total. The normalized spacial score (nSPS) is 16.7. The van der Waals surface area contributed by atoms with E-state index in [1.165, 1.54) is 12.4 Å². The highest BCUT2D eigenvalue weighted by molar-refractivity contribution is 5.99. The van der Waals surface area contributed by atoms with Crippen molar-refractivity contribution in [2.45, 2.75) is 64.7 Å². The summed E-state index contributed by atoms with van der Waals surface area (Å²) in [6.07, 6.45) is 0.765. The molecular weight excluding hydrogens is 543 g/mol. The molecule has 1 fully saturated rings. The van der Waals surface area contributed by atoms with Crippen LogP contribution in [-0.2, 0) is 6.42 Å². The number of hydrogen-bond donors (Lipinski definition) is 4. The topological polar surface area (TPSA) is 125 Å². The lowest BCUT2D eigenvalue weighted by Gasteiger charge is -2.28. The Bertz CT molecular complexity index is 1620. The van der Waals surface area contributed by atoms with Gasteiger partial charge in [0.2, 0.25) is 0 Å². The van der Waals surface area contributed by atoms with Crippen molar-refractivity contribution in [2.75, 3.05) is 17.2 Å². The van der Waals surface area contributed by atoms with Crippen LogP contribution < -0.4 is 21.6 Å². The second-order valence-corrected chi connectivity index (χ2v) is 11.8. The van der Waals surface area contributed by atoms with Crippen LogP contribution in [0.3, 0.4) is 0 Å². The first-order valence-corrected chi connectivity index (χ1v) is 13.7. The number of rotatable bonds is 8. The van der Waals surface area contributed by atoms with Crippen LogP contribution in [0.4, 0.5) is 24.5 Å². The first-order chi connectivity index (χ1) is 19.9. The zero-order valence-corrected chi connectivity index (χ0v) is 23.8. The van der Waals surface area contributed by atoms with Gasteiger partial charge in [-0.15, -0.1) is 5.53 Å². The number of alkyl halides is 3. The van der Waals surface area contributed by atoms with Crippen molar-refractivity contribution in [3.8, 4) is 12.1 Å². The molecule has 5 rings (SSSR count). The Morgan fingerprint density at radius 2 is 1.86 bits per heavy atom.